The van der Waals surface area contributed by atoms with Gasteiger partial charge in [0.1, 0.15) is 11.9 Å². The van der Waals surface area contributed by atoms with Crippen LogP contribution < -0.4 is 5.32 Å². The van der Waals surface area contributed by atoms with Crippen molar-refractivity contribution in [1.82, 2.24) is 9.97 Å². The molecule has 4 rings (SSSR count). The van der Waals surface area contributed by atoms with Crippen LogP contribution in [0.3, 0.4) is 0 Å². The first-order valence-corrected chi connectivity index (χ1v) is 10.7. The summed E-state index contributed by atoms with van der Waals surface area (Å²) in [6.07, 6.45) is 4.71. The largest absolute Gasteiger partial charge is 0.349 e. The van der Waals surface area contributed by atoms with Gasteiger partial charge in [0, 0.05) is 29.0 Å². The van der Waals surface area contributed by atoms with E-state index in [4.69, 9.17) is 0 Å². The third-order valence-corrected chi connectivity index (χ3v) is 5.19. The molecule has 0 aliphatic rings. The second-order valence-corrected chi connectivity index (χ2v) is 7.69. The first-order valence-electron chi connectivity index (χ1n) is 10.7. The number of pyridine rings is 2. The van der Waals surface area contributed by atoms with E-state index in [0.29, 0.717) is 22.3 Å². The maximum absolute atomic E-state index is 11.7. The maximum Gasteiger partial charge on any atom is 0.311 e. The second-order valence-electron chi connectivity index (χ2n) is 7.69. The van der Waals surface area contributed by atoms with E-state index in [0.717, 1.165) is 16.7 Å². The molecule has 4 aromatic rings. The minimum absolute atomic E-state index is 0.114. The van der Waals surface area contributed by atoms with Gasteiger partial charge in [0.2, 0.25) is 0 Å². The van der Waals surface area contributed by atoms with Gasteiger partial charge in [-0.15, -0.1) is 0 Å². The summed E-state index contributed by atoms with van der Waals surface area (Å²) in [6.45, 7) is 7.69. The fraction of sp³-hybridized carbons (Fsp3) is 0.192. The van der Waals surface area contributed by atoms with Gasteiger partial charge in [-0.3, -0.25) is 15.1 Å². The number of hydrogen-bond acceptors (Lipinski definition) is 6. The average molecular weight is 440 g/mol. The monoisotopic (exact) mass is 439 g/mol. The van der Waals surface area contributed by atoms with Crippen molar-refractivity contribution in [2.45, 2.75) is 33.1 Å². The molecular formula is C26H25N5O2. The molecule has 0 amide bonds. The van der Waals surface area contributed by atoms with E-state index in [1.165, 1.54) is 6.20 Å². The number of fused-ring (bicyclic) bond motifs is 1. The molecule has 0 radical (unpaired) electrons. The lowest BCUT2D eigenvalue weighted by molar-refractivity contribution is -0.384. The highest BCUT2D eigenvalue weighted by atomic mass is 16.6. The van der Waals surface area contributed by atoms with Crippen molar-refractivity contribution >= 4 is 28.0 Å². The van der Waals surface area contributed by atoms with Gasteiger partial charge in [0.05, 0.1) is 21.9 Å². The lowest BCUT2D eigenvalue weighted by Crippen LogP contribution is -2.13. The van der Waals surface area contributed by atoms with Crippen molar-refractivity contribution in [3.63, 3.8) is 0 Å². The number of hydrogen-bond donors (Lipinski definition) is 1. The Labute approximate surface area is 192 Å². The van der Waals surface area contributed by atoms with Crippen LogP contribution in [0.1, 0.15) is 33.3 Å². The minimum Gasteiger partial charge on any atom is -0.349 e. The van der Waals surface area contributed by atoms with Crippen molar-refractivity contribution in [3.8, 4) is 17.2 Å². The molecule has 0 saturated heterocycles. The Morgan fingerprint density at radius 3 is 2.36 bits per heavy atom. The van der Waals surface area contributed by atoms with Crippen LogP contribution in [0.5, 0.6) is 0 Å². The van der Waals surface area contributed by atoms with Crippen LogP contribution in [-0.2, 0) is 5.41 Å². The fourth-order valence-electron chi connectivity index (χ4n) is 3.34. The summed E-state index contributed by atoms with van der Waals surface area (Å²) in [4.78, 5) is 19.7. The molecule has 7 nitrogen and oxygen atoms in total. The Morgan fingerprint density at radius 1 is 1.03 bits per heavy atom. The van der Waals surface area contributed by atoms with Gasteiger partial charge >= 0.3 is 5.69 Å². The number of nitro groups is 1. The van der Waals surface area contributed by atoms with E-state index < -0.39 is 10.3 Å². The topological polar surface area (TPSA) is 105 Å². The summed E-state index contributed by atoms with van der Waals surface area (Å²) >= 11 is 0. The Balaban J connectivity index is 0.00000149. The van der Waals surface area contributed by atoms with Crippen LogP contribution in [0, 0.1) is 21.4 Å². The molecule has 166 valence electrons. The molecule has 2 aromatic carbocycles. The third-order valence-electron chi connectivity index (χ3n) is 5.19. The smallest absolute Gasteiger partial charge is 0.311 e. The molecule has 1 N–H and O–H groups in total. The molecule has 0 fully saturated rings. The molecule has 2 aromatic heterocycles. The first kappa shape index (κ1) is 23.4. The summed E-state index contributed by atoms with van der Waals surface area (Å²) < 4.78 is 0. The summed E-state index contributed by atoms with van der Waals surface area (Å²) in [5.41, 5.74) is 3.62. The van der Waals surface area contributed by atoms with Crippen LogP contribution in [0.4, 0.5) is 17.1 Å². The molecule has 7 heteroatoms. The van der Waals surface area contributed by atoms with Crippen molar-refractivity contribution in [2.24, 2.45) is 0 Å². The van der Waals surface area contributed by atoms with Crippen molar-refractivity contribution < 1.29 is 4.92 Å². The second kappa shape index (κ2) is 9.88. The number of nitrogens with zero attached hydrogens (tertiary/aromatic N) is 4. The van der Waals surface area contributed by atoms with Gasteiger partial charge in [0.25, 0.3) is 0 Å². The Hall–Kier alpha value is -4.31. The van der Waals surface area contributed by atoms with Gasteiger partial charge in [-0.1, -0.05) is 38.1 Å². The van der Waals surface area contributed by atoms with Crippen LogP contribution in [0.2, 0.25) is 0 Å². The van der Waals surface area contributed by atoms with Crippen LogP contribution >= 0.6 is 0 Å². The van der Waals surface area contributed by atoms with Crippen LogP contribution in [-0.4, -0.2) is 14.9 Å². The molecular weight excluding hydrogens is 414 g/mol. The van der Waals surface area contributed by atoms with Crippen LogP contribution in [0.25, 0.3) is 22.0 Å². The quantitative estimate of drug-likeness (QED) is 0.271. The zero-order valence-electron chi connectivity index (χ0n) is 19.0. The van der Waals surface area contributed by atoms with E-state index in [9.17, 15) is 15.4 Å². The number of rotatable bonds is 5. The van der Waals surface area contributed by atoms with Crippen molar-refractivity contribution in [3.05, 3.63) is 88.9 Å². The number of nitriles is 1. The first-order chi connectivity index (χ1) is 15.9. The van der Waals surface area contributed by atoms with E-state index in [1.807, 2.05) is 82.3 Å². The zero-order valence-corrected chi connectivity index (χ0v) is 19.0. The number of anilines is 2. The lowest BCUT2D eigenvalue weighted by atomic mass is 9.86. The Bertz CT molecular complexity index is 1310. The maximum atomic E-state index is 11.7. The number of nitrogens with one attached hydrogen (secondary N) is 1. The van der Waals surface area contributed by atoms with Gasteiger partial charge in [0.15, 0.2) is 0 Å². The lowest BCUT2D eigenvalue weighted by Gasteiger charge is -2.17. The van der Waals surface area contributed by atoms with E-state index in [2.05, 4.69) is 21.4 Å². The molecule has 33 heavy (non-hydrogen) atoms. The number of benzene rings is 2. The molecule has 0 bridgehead atoms. The van der Waals surface area contributed by atoms with Gasteiger partial charge in [-0.25, -0.2) is 4.98 Å². The fourth-order valence-corrected chi connectivity index (χ4v) is 3.34. The van der Waals surface area contributed by atoms with Gasteiger partial charge in [-0.2, -0.15) is 5.26 Å². The highest BCUT2D eigenvalue weighted by Gasteiger charge is 2.21. The van der Waals surface area contributed by atoms with E-state index in [1.54, 1.807) is 12.4 Å². The molecule has 0 saturated carbocycles. The normalized spacial score (nSPS) is 10.6. The highest BCUT2D eigenvalue weighted by Crippen LogP contribution is 2.36. The molecule has 0 spiro atoms. The summed E-state index contributed by atoms with van der Waals surface area (Å²) in [5, 5.41) is 24.9. The molecule has 0 aliphatic carbocycles. The van der Waals surface area contributed by atoms with Gasteiger partial charge in [-0.05, 0) is 55.3 Å². The Kier molecular flexibility index (Phi) is 6.99. The SMILES string of the molecule is CC.CC(C)(C#N)c1ccc(Nc2c([N+](=O)[O-])cnc3ccc(-c4cccnc4)cc23)cc1. The predicted molar refractivity (Wildman–Crippen MR) is 131 cm³/mol. The van der Waals surface area contributed by atoms with E-state index >= 15 is 0 Å². The highest BCUT2D eigenvalue weighted by molar-refractivity contribution is 5.99. The summed E-state index contributed by atoms with van der Waals surface area (Å²) in [6, 6.07) is 19.0. The van der Waals surface area contributed by atoms with Crippen molar-refractivity contribution in [1.29, 1.82) is 5.26 Å². The number of aromatic nitrogens is 2. The summed E-state index contributed by atoms with van der Waals surface area (Å²) in [5.74, 6) is 0. The molecule has 2 heterocycles. The molecule has 0 atom stereocenters. The van der Waals surface area contributed by atoms with Crippen LogP contribution in [0.15, 0.2) is 73.2 Å². The standard InChI is InChI=1S/C24H19N5O2.C2H6/c1-24(2,15-25)18-6-8-19(9-7-18)28-23-20-12-16(17-4-3-11-26-13-17)5-10-21(20)27-14-22(23)29(30)31;1-2/h3-14H,1-2H3,(H,27,28);1-2H3. The van der Waals surface area contributed by atoms with Gasteiger partial charge < -0.3 is 5.32 Å². The molecule has 0 unspecified atom stereocenters. The molecule has 0 aliphatic heterocycles. The predicted octanol–water partition coefficient (Wildman–Crippen LogP) is 6.78. The zero-order chi connectivity index (χ0) is 24.0. The Morgan fingerprint density at radius 2 is 1.76 bits per heavy atom. The average Bonchev–Trinajstić information content (AvgIpc) is 2.86. The third kappa shape index (κ3) is 4.96. The van der Waals surface area contributed by atoms with E-state index in [-0.39, 0.29) is 5.69 Å². The minimum atomic E-state index is -0.619. The summed E-state index contributed by atoms with van der Waals surface area (Å²) in [7, 11) is 0. The van der Waals surface area contributed by atoms with Crippen molar-refractivity contribution in [2.75, 3.05) is 5.32 Å².